The molecule has 152 valence electrons. The van der Waals surface area contributed by atoms with Crippen molar-refractivity contribution >= 4 is 28.9 Å². The lowest BCUT2D eigenvalue weighted by molar-refractivity contribution is -0.147. The van der Waals surface area contributed by atoms with Crippen LogP contribution in [0.2, 0.25) is 5.02 Å². The lowest BCUT2D eigenvalue weighted by Gasteiger charge is -2.35. The molecule has 1 aliphatic heterocycles. The molecule has 0 bridgehead atoms. The first-order valence-electron chi connectivity index (χ1n) is 10.3. The lowest BCUT2D eigenvalue weighted by atomic mass is 9.95. The van der Waals surface area contributed by atoms with Gasteiger partial charge in [-0.1, -0.05) is 49.6 Å². The van der Waals surface area contributed by atoms with Crippen LogP contribution in [0.1, 0.15) is 61.6 Å². The predicted molar refractivity (Wildman–Crippen MR) is 117 cm³/mol. The zero-order valence-electron chi connectivity index (χ0n) is 16.8. The van der Waals surface area contributed by atoms with Gasteiger partial charge < -0.3 is 4.74 Å². The van der Waals surface area contributed by atoms with Crippen LogP contribution in [0.5, 0.6) is 0 Å². The van der Waals surface area contributed by atoms with Crippen molar-refractivity contribution < 1.29 is 9.53 Å². The van der Waals surface area contributed by atoms with Crippen molar-refractivity contribution in [2.24, 2.45) is 5.92 Å². The fraction of sp³-hybridized carbons (Fsp3) is 0.522. The van der Waals surface area contributed by atoms with Gasteiger partial charge in [0.15, 0.2) is 0 Å². The molecule has 0 N–H and O–H groups in total. The predicted octanol–water partition coefficient (Wildman–Crippen LogP) is 6.26. The number of carbonyl (C=O) groups is 1. The van der Waals surface area contributed by atoms with Crippen molar-refractivity contribution in [1.29, 1.82) is 0 Å². The maximum Gasteiger partial charge on any atom is 0.308 e. The molecule has 2 heterocycles. The summed E-state index contributed by atoms with van der Waals surface area (Å²) in [7, 11) is 0. The minimum absolute atomic E-state index is 0.0259. The Hall–Kier alpha value is -1.36. The molecule has 1 aliphatic rings. The fourth-order valence-electron chi connectivity index (χ4n) is 4.01. The highest BCUT2D eigenvalue weighted by molar-refractivity contribution is 7.10. The molecule has 0 radical (unpaired) electrons. The Labute approximate surface area is 177 Å². The van der Waals surface area contributed by atoms with Crippen LogP contribution in [0.25, 0.3) is 0 Å². The summed E-state index contributed by atoms with van der Waals surface area (Å²) in [5.41, 5.74) is 2.69. The van der Waals surface area contributed by atoms with E-state index >= 15 is 0 Å². The van der Waals surface area contributed by atoms with Gasteiger partial charge in [-0.25, -0.2) is 0 Å². The molecule has 0 saturated heterocycles. The molecular formula is C23H30ClNO2S. The minimum Gasteiger partial charge on any atom is -0.466 e. The first-order chi connectivity index (χ1) is 13.6. The molecule has 0 amide bonds. The molecule has 1 aromatic carbocycles. The zero-order chi connectivity index (χ0) is 19.9. The van der Waals surface area contributed by atoms with Gasteiger partial charge in [0, 0.05) is 29.0 Å². The molecule has 0 saturated carbocycles. The first kappa shape index (κ1) is 21.4. The van der Waals surface area contributed by atoms with E-state index in [-0.39, 0.29) is 11.9 Å². The summed E-state index contributed by atoms with van der Waals surface area (Å²) >= 11 is 8.44. The monoisotopic (exact) mass is 419 g/mol. The number of carbonyl (C=O) groups excluding carboxylic acids is 1. The van der Waals surface area contributed by atoms with Crippen LogP contribution in [0.3, 0.4) is 0 Å². The van der Waals surface area contributed by atoms with E-state index in [4.69, 9.17) is 16.3 Å². The van der Waals surface area contributed by atoms with Gasteiger partial charge in [-0.2, -0.15) is 0 Å². The molecule has 28 heavy (non-hydrogen) atoms. The van der Waals surface area contributed by atoms with Gasteiger partial charge in [-0.3, -0.25) is 9.69 Å². The zero-order valence-corrected chi connectivity index (χ0v) is 18.4. The Morgan fingerprint density at radius 3 is 2.82 bits per heavy atom. The van der Waals surface area contributed by atoms with E-state index < -0.39 is 0 Å². The van der Waals surface area contributed by atoms with Gasteiger partial charge in [0.2, 0.25) is 0 Å². The molecule has 5 heteroatoms. The van der Waals surface area contributed by atoms with Crippen LogP contribution in [-0.2, 0) is 22.5 Å². The molecule has 0 fully saturated rings. The second-order valence-electron chi connectivity index (χ2n) is 7.56. The van der Waals surface area contributed by atoms with E-state index in [2.05, 4.69) is 28.5 Å². The number of thiophene rings is 1. The molecule has 1 aromatic heterocycles. The number of rotatable bonds is 9. The van der Waals surface area contributed by atoms with E-state index in [1.54, 1.807) is 0 Å². The van der Waals surface area contributed by atoms with Crippen LogP contribution in [0.4, 0.5) is 0 Å². The number of benzene rings is 1. The Morgan fingerprint density at radius 1 is 1.25 bits per heavy atom. The number of halogens is 1. The summed E-state index contributed by atoms with van der Waals surface area (Å²) in [4.78, 5) is 15.9. The number of esters is 1. The van der Waals surface area contributed by atoms with E-state index in [0.29, 0.717) is 12.6 Å². The average molecular weight is 420 g/mol. The number of fused-ring (bicyclic) bond motifs is 1. The summed E-state index contributed by atoms with van der Waals surface area (Å²) in [6.07, 6.45) is 5.15. The SMILES string of the molecule is CCOC(=O)C(C)CCCCC(c1ccccc1Cl)N1CCc2sccc2C1. The largest absolute Gasteiger partial charge is 0.466 e. The summed E-state index contributed by atoms with van der Waals surface area (Å²) in [6, 6.07) is 10.8. The van der Waals surface area contributed by atoms with Gasteiger partial charge in [-0.15, -0.1) is 11.3 Å². The van der Waals surface area contributed by atoms with Crippen LogP contribution < -0.4 is 0 Å². The smallest absolute Gasteiger partial charge is 0.308 e. The van der Waals surface area contributed by atoms with Crippen molar-refractivity contribution in [2.75, 3.05) is 13.2 Å². The Balaban J connectivity index is 1.63. The molecule has 2 aromatic rings. The van der Waals surface area contributed by atoms with E-state index in [1.165, 1.54) is 16.0 Å². The highest BCUT2D eigenvalue weighted by atomic mass is 35.5. The van der Waals surface area contributed by atoms with Crippen molar-refractivity contribution in [3.05, 3.63) is 56.7 Å². The van der Waals surface area contributed by atoms with Crippen LogP contribution >= 0.6 is 22.9 Å². The van der Waals surface area contributed by atoms with Gasteiger partial charge >= 0.3 is 5.97 Å². The summed E-state index contributed by atoms with van der Waals surface area (Å²) in [5, 5.41) is 3.05. The maximum absolute atomic E-state index is 11.8. The number of hydrogen-bond donors (Lipinski definition) is 0. The topological polar surface area (TPSA) is 29.5 Å². The normalized spacial score (nSPS) is 16.4. The highest BCUT2D eigenvalue weighted by Crippen LogP contribution is 2.36. The second kappa shape index (κ2) is 10.4. The molecule has 3 rings (SSSR count). The third-order valence-corrected chi connectivity index (χ3v) is 6.96. The van der Waals surface area contributed by atoms with Gasteiger partial charge in [0.05, 0.1) is 12.5 Å². The Morgan fingerprint density at radius 2 is 2.04 bits per heavy atom. The minimum atomic E-state index is -0.0776. The van der Waals surface area contributed by atoms with E-state index in [9.17, 15) is 4.79 Å². The van der Waals surface area contributed by atoms with Gasteiger partial charge in [0.1, 0.15) is 0 Å². The summed E-state index contributed by atoms with van der Waals surface area (Å²) in [5.74, 6) is -0.103. The third-order valence-electron chi connectivity index (χ3n) is 5.60. The fourth-order valence-corrected chi connectivity index (χ4v) is 5.16. The maximum atomic E-state index is 11.8. The number of ether oxygens (including phenoxy) is 1. The Bertz CT molecular complexity index is 775. The number of nitrogens with zero attached hydrogens (tertiary/aromatic N) is 1. The molecule has 0 spiro atoms. The van der Waals surface area contributed by atoms with Crippen molar-refractivity contribution in [1.82, 2.24) is 4.90 Å². The van der Waals surface area contributed by atoms with Crippen molar-refractivity contribution in [2.45, 2.75) is 58.5 Å². The second-order valence-corrected chi connectivity index (χ2v) is 8.97. The van der Waals surface area contributed by atoms with Gasteiger partial charge in [0.25, 0.3) is 0 Å². The molecule has 0 aliphatic carbocycles. The molecule has 2 atom stereocenters. The van der Waals surface area contributed by atoms with Crippen molar-refractivity contribution in [3.8, 4) is 0 Å². The quantitative estimate of drug-likeness (QED) is 0.354. The lowest BCUT2D eigenvalue weighted by Crippen LogP contribution is -2.33. The van der Waals surface area contributed by atoms with Gasteiger partial charge in [-0.05, 0) is 54.8 Å². The van der Waals surface area contributed by atoms with Crippen LogP contribution in [0, 0.1) is 5.92 Å². The first-order valence-corrected chi connectivity index (χ1v) is 11.6. The molecular weight excluding hydrogens is 390 g/mol. The summed E-state index contributed by atoms with van der Waals surface area (Å²) in [6.45, 7) is 6.34. The molecule has 2 unspecified atom stereocenters. The van der Waals surface area contributed by atoms with Crippen molar-refractivity contribution in [3.63, 3.8) is 0 Å². The number of hydrogen-bond acceptors (Lipinski definition) is 4. The molecule has 3 nitrogen and oxygen atoms in total. The third kappa shape index (κ3) is 5.37. The average Bonchev–Trinajstić information content (AvgIpc) is 3.16. The summed E-state index contributed by atoms with van der Waals surface area (Å²) < 4.78 is 5.12. The van der Waals surface area contributed by atoms with E-state index in [1.807, 2.05) is 37.3 Å². The Kier molecular flexibility index (Phi) is 7.95. The highest BCUT2D eigenvalue weighted by Gasteiger charge is 2.26. The number of unbranched alkanes of at least 4 members (excludes halogenated alkanes) is 1. The standard InChI is InChI=1S/C23H30ClNO2S/c1-3-27-23(26)17(2)8-4-7-11-21(19-9-5-6-10-20(19)24)25-14-12-22-18(16-25)13-15-28-22/h5-6,9-10,13,15,17,21H,3-4,7-8,11-12,14,16H2,1-2H3. The van der Waals surface area contributed by atoms with Crippen LogP contribution in [0.15, 0.2) is 35.7 Å². The van der Waals surface area contributed by atoms with E-state index in [0.717, 1.165) is 50.2 Å². The van der Waals surface area contributed by atoms with Crippen LogP contribution in [-0.4, -0.2) is 24.0 Å².